The first-order valence-electron chi connectivity index (χ1n) is 10.5. The van der Waals surface area contributed by atoms with Gasteiger partial charge in [0.15, 0.2) is 17.3 Å². The maximum atomic E-state index is 12.6. The number of carbonyl (C=O) groups excluding carboxylic acids is 1. The molecule has 2 heterocycles. The van der Waals surface area contributed by atoms with Gasteiger partial charge in [0.1, 0.15) is 0 Å². The fourth-order valence-corrected chi connectivity index (χ4v) is 4.22. The van der Waals surface area contributed by atoms with E-state index in [0.29, 0.717) is 50.8 Å². The van der Waals surface area contributed by atoms with E-state index in [1.807, 2.05) is 13.8 Å². The number of aryl methyl sites for hydroxylation is 2. The van der Waals surface area contributed by atoms with Gasteiger partial charge in [-0.2, -0.15) is 4.98 Å². The fraction of sp³-hybridized carbons (Fsp3) is 0.250. The van der Waals surface area contributed by atoms with Crippen molar-refractivity contribution in [3.8, 4) is 22.9 Å². The highest BCUT2D eigenvalue weighted by Crippen LogP contribution is 2.30. The minimum atomic E-state index is -0.127. The maximum absolute atomic E-state index is 12.6. The molecule has 0 atom stereocenters. The number of carbonyl (C=O) groups is 1. The summed E-state index contributed by atoms with van der Waals surface area (Å²) >= 11 is 12.3. The zero-order valence-corrected chi connectivity index (χ0v) is 20.7. The van der Waals surface area contributed by atoms with E-state index in [2.05, 4.69) is 20.4 Å². The Morgan fingerprint density at radius 3 is 2.50 bits per heavy atom. The molecule has 2 aromatic heterocycles. The number of methoxy groups -OCH3 is 2. The molecule has 0 aliphatic rings. The molecule has 1 amide bonds. The molecule has 8 nitrogen and oxygen atoms in total. The number of ether oxygens (including phenoxy) is 2. The molecule has 34 heavy (non-hydrogen) atoms. The second kappa shape index (κ2) is 9.87. The van der Waals surface area contributed by atoms with Gasteiger partial charge < -0.3 is 14.8 Å². The maximum Gasteiger partial charge on any atom is 0.253 e. The van der Waals surface area contributed by atoms with Crippen LogP contribution in [0.1, 0.15) is 23.4 Å². The Bertz CT molecular complexity index is 1390. The van der Waals surface area contributed by atoms with Gasteiger partial charge in [-0.1, -0.05) is 23.2 Å². The molecule has 0 saturated carbocycles. The van der Waals surface area contributed by atoms with Gasteiger partial charge in [0.25, 0.3) is 5.78 Å². The first kappa shape index (κ1) is 23.8. The average molecular weight is 500 g/mol. The van der Waals surface area contributed by atoms with Crippen molar-refractivity contribution in [2.24, 2.45) is 0 Å². The van der Waals surface area contributed by atoms with Crippen LogP contribution in [-0.2, 0) is 11.2 Å². The Balaban J connectivity index is 1.53. The number of nitrogens with zero attached hydrogens (tertiary/aromatic N) is 4. The predicted octanol–water partition coefficient (Wildman–Crippen LogP) is 5.30. The van der Waals surface area contributed by atoms with E-state index in [1.165, 1.54) is 0 Å². The minimum absolute atomic E-state index is 0.127. The van der Waals surface area contributed by atoms with E-state index in [0.717, 1.165) is 17.0 Å². The van der Waals surface area contributed by atoms with Gasteiger partial charge in [0.05, 0.1) is 19.2 Å². The third-order valence-electron chi connectivity index (χ3n) is 5.49. The van der Waals surface area contributed by atoms with Crippen molar-refractivity contribution in [3.63, 3.8) is 0 Å². The molecule has 0 aliphatic carbocycles. The van der Waals surface area contributed by atoms with Gasteiger partial charge in [-0.25, -0.2) is 9.50 Å². The number of aromatic nitrogens is 4. The molecule has 4 aromatic rings. The SMILES string of the molecule is COc1ccc(NC(=O)CCc2c(C)nc3nc(-c4ccc(Cl)cc4Cl)nn3c2C)cc1OC. The summed E-state index contributed by atoms with van der Waals surface area (Å²) in [5.74, 6) is 1.94. The third-order valence-corrected chi connectivity index (χ3v) is 6.04. The van der Waals surface area contributed by atoms with Crippen LogP contribution in [0.4, 0.5) is 5.69 Å². The molecule has 176 valence electrons. The second-order valence-corrected chi connectivity index (χ2v) is 8.49. The standard InChI is InChI=1S/C24H23Cl2N5O3/c1-13-17(8-10-22(32)28-16-6-9-20(33-3)21(12-16)34-4)14(2)31-24(27-13)29-23(30-31)18-7-5-15(25)11-19(18)26/h5-7,9,11-12H,8,10H2,1-4H3,(H,28,32). The molecule has 0 fully saturated rings. The van der Waals surface area contributed by atoms with Crippen LogP contribution in [0.5, 0.6) is 11.5 Å². The first-order chi connectivity index (χ1) is 16.3. The van der Waals surface area contributed by atoms with Gasteiger partial charge in [-0.3, -0.25) is 4.79 Å². The van der Waals surface area contributed by atoms with Crippen LogP contribution in [0.3, 0.4) is 0 Å². The van der Waals surface area contributed by atoms with Crippen LogP contribution in [-0.4, -0.2) is 39.7 Å². The van der Waals surface area contributed by atoms with Crippen molar-refractivity contribution < 1.29 is 14.3 Å². The molecule has 0 saturated heterocycles. The quantitative estimate of drug-likeness (QED) is 0.370. The topological polar surface area (TPSA) is 90.6 Å². The van der Waals surface area contributed by atoms with E-state index >= 15 is 0 Å². The highest BCUT2D eigenvalue weighted by atomic mass is 35.5. The lowest BCUT2D eigenvalue weighted by atomic mass is 10.1. The van der Waals surface area contributed by atoms with Crippen LogP contribution in [0.2, 0.25) is 10.0 Å². The van der Waals surface area contributed by atoms with Gasteiger partial charge >= 0.3 is 0 Å². The van der Waals surface area contributed by atoms with Crippen molar-refractivity contribution >= 4 is 40.6 Å². The smallest absolute Gasteiger partial charge is 0.253 e. The highest BCUT2D eigenvalue weighted by molar-refractivity contribution is 6.36. The van der Waals surface area contributed by atoms with E-state index in [9.17, 15) is 4.79 Å². The summed E-state index contributed by atoms with van der Waals surface area (Å²) in [6.07, 6.45) is 0.768. The number of amides is 1. The fourth-order valence-electron chi connectivity index (χ4n) is 3.73. The minimum Gasteiger partial charge on any atom is -0.493 e. The van der Waals surface area contributed by atoms with Crippen LogP contribution < -0.4 is 14.8 Å². The normalized spacial score (nSPS) is 11.0. The molecular weight excluding hydrogens is 477 g/mol. The van der Waals surface area contributed by atoms with Crippen molar-refractivity contribution in [2.75, 3.05) is 19.5 Å². The number of hydrogen-bond donors (Lipinski definition) is 1. The summed E-state index contributed by atoms with van der Waals surface area (Å²) in [4.78, 5) is 21.7. The summed E-state index contributed by atoms with van der Waals surface area (Å²) in [5.41, 5.74) is 3.90. The molecule has 10 heteroatoms. The lowest BCUT2D eigenvalue weighted by molar-refractivity contribution is -0.116. The molecule has 0 bridgehead atoms. The predicted molar refractivity (Wildman–Crippen MR) is 132 cm³/mol. The van der Waals surface area contributed by atoms with Gasteiger partial charge in [-0.05, 0) is 56.2 Å². The number of benzene rings is 2. The van der Waals surface area contributed by atoms with E-state index < -0.39 is 0 Å². The Hall–Kier alpha value is -3.36. The summed E-state index contributed by atoms with van der Waals surface area (Å²) in [7, 11) is 3.11. The Kier molecular flexibility index (Phi) is 6.90. The van der Waals surface area contributed by atoms with Crippen molar-refractivity contribution in [1.82, 2.24) is 19.6 Å². The lowest BCUT2D eigenvalue weighted by Gasteiger charge is -2.12. The third kappa shape index (κ3) is 4.78. The number of hydrogen-bond acceptors (Lipinski definition) is 6. The molecule has 0 aliphatic heterocycles. The van der Waals surface area contributed by atoms with Gasteiger partial charge in [0, 0.05) is 40.1 Å². The number of rotatable bonds is 7. The average Bonchev–Trinajstić information content (AvgIpc) is 3.22. The van der Waals surface area contributed by atoms with Crippen LogP contribution in [0, 0.1) is 13.8 Å². The number of nitrogens with one attached hydrogen (secondary N) is 1. The van der Waals surface area contributed by atoms with E-state index in [1.54, 1.807) is 55.1 Å². The van der Waals surface area contributed by atoms with Crippen LogP contribution in [0.15, 0.2) is 36.4 Å². The van der Waals surface area contributed by atoms with Crippen LogP contribution >= 0.6 is 23.2 Å². The summed E-state index contributed by atoms with van der Waals surface area (Å²) in [6.45, 7) is 3.84. The van der Waals surface area contributed by atoms with Crippen molar-refractivity contribution in [2.45, 2.75) is 26.7 Å². The Morgan fingerprint density at radius 2 is 1.79 bits per heavy atom. The zero-order chi connectivity index (χ0) is 24.4. The number of fused-ring (bicyclic) bond motifs is 1. The first-order valence-corrected chi connectivity index (χ1v) is 11.3. The number of anilines is 1. The molecule has 4 rings (SSSR count). The van der Waals surface area contributed by atoms with Crippen LogP contribution in [0.25, 0.3) is 17.2 Å². The van der Waals surface area contributed by atoms with Crippen molar-refractivity contribution in [1.29, 1.82) is 0 Å². The zero-order valence-electron chi connectivity index (χ0n) is 19.1. The molecule has 0 unspecified atom stereocenters. The Morgan fingerprint density at radius 1 is 1.03 bits per heavy atom. The summed E-state index contributed by atoms with van der Waals surface area (Å²) in [5, 5.41) is 8.49. The van der Waals surface area contributed by atoms with E-state index in [4.69, 9.17) is 32.7 Å². The molecular formula is C24H23Cl2N5O3. The second-order valence-electron chi connectivity index (χ2n) is 7.65. The molecule has 0 radical (unpaired) electrons. The largest absolute Gasteiger partial charge is 0.493 e. The number of halogens is 2. The lowest BCUT2D eigenvalue weighted by Crippen LogP contribution is -2.14. The van der Waals surface area contributed by atoms with Gasteiger partial charge in [0.2, 0.25) is 5.91 Å². The summed E-state index contributed by atoms with van der Waals surface area (Å²) < 4.78 is 12.2. The van der Waals surface area contributed by atoms with Crippen molar-refractivity contribution in [3.05, 3.63) is 63.4 Å². The molecule has 1 N–H and O–H groups in total. The summed E-state index contributed by atoms with van der Waals surface area (Å²) in [6, 6.07) is 10.4. The van der Waals surface area contributed by atoms with E-state index in [-0.39, 0.29) is 12.3 Å². The molecule has 2 aromatic carbocycles. The van der Waals surface area contributed by atoms with Gasteiger partial charge in [-0.15, -0.1) is 5.10 Å². The monoisotopic (exact) mass is 499 g/mol. The molecule has 0 spiro atoms. The Labute approximate surface area is 206 Å². The highest BCUT2D eigenvalue weighted by Gasteiger charge is 2.17.